The molecular formula is C17H12BrNO4. The predicted molar refractivity (Wildman–Crippen MR) is 86.1 cm³/mol. The quantitative estimate of drug-likeness (QED) is 0.574. The molecule has 2 rings (SSSR count). The number of para-hydroxylation sites is 1. The van der Waals surface area contributed by atoms with Gasteiger partial charge in [0, 0.05) is 10.0 Å². The molecule has 0 amide bonds. The highest BCUT2D eigenvalue weighted by Crippen LogP contribution is 2.17. The van der Waals surface area contributed by atoms with E-state index in [4.69, 9.17) is 14.7 Å². The monoisotopic (exact) mass is 373 g/mol. The molecule has 0 bridgehead atoms. The van der Waals surface area contributed by atoms with Crippen molar-refractivity contribution >= 4 is 27.7 Å². The molecule has 0 aliphatic carbocycles. The van der Waals surface area contributed by atoms with Gasteiger partial charge >= 0.3 is 5.97 Å². The van der Waals surface area contributed by atoms with E-state index in [0.717, 1.165) is 0 Å². The van der Waals surface area contributed by atoms with E-state index in [1.54, 1.807) is 48.5 Å². The number of esters is 1. The number of benzene rings is 2. The van der Waals surface area contributed by atoms with Gasteiger partial charge < -0.3 is 9.47 Å². The number of rotatable bonds is 6. The smallest absolute Gasteiger partial charge is 0.344 e. The number of ether oxygens (including phenoxy) is 2. The molecule has 0 aliphatic rings. The third kappa shape index (κ3) is 4.66. The van der Waals surface area contributed by atoms with Crippen molar-refractivity contribution in [3.8, 4) is 11.8 Å². The molecule has 6 heteroatoms. The molecule has 2 aromatic carbocycles. The van der Waals surface area contributed by atoms with Gasteiger partial charge in [-0.2, -0.15) is 5.26 Å². The van der Waals surface area contributed by atoms with E-state index in [-0.39, 0.29) is 19.0 Å². The van der Waals surface area contributed by atoms with Gasteiger partial charge in [0.15, 0.2) is 13.2 Å². The van der Waals surface area contributed by atoms with Gasteiger partial charge in [-0.3, -0.25) is 4.79 Å². The lowest BCUT2D eigenvalue weighted by atomic mass is 10.1. The molecule has 0 atom stereocenters. The lowest BCUT2D eigenvalue weighted by molar-refractivity contribution is -0.144. The van der Waals surface area contributed by atoms with E-state index in [9.17, 15) is 9.59 Å². The van der Waals surface area contributed by atoms with Gasteiger partial charge in [0.1, 0.15) is 11.8 Å². The zero-order chi connectivity index (χ0) is 16.7. The molecule has 0 aromatic heterocycles. The molecule has 0 N–H and O–H groups in total. The Morgan fingerprint density at radius 2 is 1.74 bits per heavy atom. The van der Waals surface area contributed by atoms with E-state index in [0.29, 0.717) is 21.3 Å². The largest absolute Gasteiger partial charge is 0.481 e. The summed E-state index contributed by atoms with van der Waals surface area (Å²) in [5.41, 5.74) is 0.764. The molecule has 0 unspecified atom stereocenters. The van der Waals surface area contributed by atoms with Crippen molar-refractivity contribution < 1.29 is 19.1 Å². The molecule has 0 saturated carbocycles. The van der Waals surface area contributed by atoms with Crippen LogP contribution in [0.1, 0.15) is 15.9 Å². The van der Waals surface area contributed by atoms with Gasteiger partial charge in [-0.25, -0.2) is 4.79 Å². The summed E-state index contributed by atoms with van der Waals surface area (Å²) in [4.78, 5) is 23.6. The van der Waals surface area contributed by atoms with Gasteiger partial charge in [-0.05, 0) is 18.2 Å². The van der Waals surface area contributed by atoms with Crippen LogP contribution in [-0.2, 0) is 9.53 Å². The van der Waals surface area contributed by atoms with Crippen LogP contribution in [0, 0.1) is 11.3 Å². The molecule has 0 spiro atoms. The molecule has 5 nitrogen and oxygen atoms in total. The zero-order valence-electron chi connectivity index (χ0n) is 12.0. The maximum atomic E-state index is 12.0. The highest BCUT2D eigenvalue weighted by molar-refractivity contribution is 9.10. The normalized spacial score (nSPS) is 9.74. The number of halogens is 1. The first-order chi connectivity index (χ1) is 11.1. The van der Waals surface area contributed by atoms with Crippen molar-refractivity contribution in [2.75, 3.05) is 13.2 Å². The van der Waals surface area contributed by atoms with Crippen molar-refractivity contribution in [1.29, 1.82) is 5.26 Å². The highest BCUT2D eigenvalue weighted by atomic mass is 79.9. The molecule has 23 heavy (non-hydrogen) atoms. The number of hydrogen-bond acceptors (Lipinski definition) is 5. The van der Waals surface area contributed by atoms with E-state index < -0.39 is 5.97 Å². The molecular weight excluding hydrogens is 362 g/mol. The summed E-state index contributed by atoms with van der Waals surface area (Å²) in [6.07, 6.45) is 0. The number of nitriles is 1. The minimum atomic E-state index is -0.682. The molecule has 0 heterocycles. The summed E-state index contributed by atoms with van der Waals surface area (Å²) in [5, 5.41) is 8.92. The molecule has 0 aliphatic heterocycles. The number of nitrogens with zero attached hydrogens (tertiary/aromatic N) is 1. The van der Waals surface area contributed by atoms with Crippen molar-refractivity contribution in [2.45, 2.75) is 0 Å². The third-order valence-electron chi connectivity index (χ3n) is 2.89. The maximum absolute atomic E-state index is 12.0. The molecule has 0 saturated heterocycles. The Morgan fingerprint density at radius 1 is 1.04 bits per heavy atom. The average molecular weight is 374 g/mol. The number of Topliss-reactive ketones (excluding diaryl/α,β-unsaturated/α-hetero) is 1. The molecule has 0 fully saturated rings. The summed E-state index contributed by atoms with van der Waals surface area (Å²) in [6.45, 7) is -0.743. The van der Waals surface area contributed by atoms with Gasteiger partial charge in [-0.15, -0.1) is 0 Å². The van der Waals surface area contributed by atoms with E-state index in [2.05, 4.69) is 15.9 Å². The maximum Gasteiger partial charge on any atom is 0.344 e. The summed E-state index contributed by atoms with van der Waals surface area (Å²) in [6, 6.07) is 15.4. The van der Waals surface area contributed by atoms with E-state index in [1.807, 2.05) is 6.07 Å². The highest BCUT2D eigenvalue weighted by Gasteiger charge is 2.13. The Bertz CT molecular complexity index is 767. The topological polar surface area (TPSA) is 76.4 Å². The Kier molecular flexibility index (Phi) is 5.89. The first-order valence-corrected chi connectivity index (χ1v) is 7.46. The summed E-state index contributed by atoms with van der Waals surface area (Å²) in [7, 11) is 0. The van der Waals surface area contributed by atoms with Crippen LogP contribution in [0.4, 0.5) is 0 Å². The lowest BCUT2D eigenvalue weighted by Crippen LogP contribution is -2.20. The zero-order valence-corrected chi connectivity index (χ0v) is 13.6. The number of hydrogen-bond donors (Lipinski definition) is 0. The van der Waals surface area contributed by atoms with Crippen LogP contribution in [0.2, 0.25) is 0 Å². The molecule has 116 valence electrons. The minimum Gasteiger partial charge on any atom is -0.481 e. The third-order valence-corrected chi connectivity index (χ3v) is 3.58. The van der Waals surface area contributed by atoms with Crippen LogP contribution in [0.25, 0.3) is 0 Å². The first-order valence-electron chi connectivity index (χ1n) is 6.67. The summed E-state index contributed by atoms with van der Waals surface area (Å²) < 4.78 is 10.8. The number of carbonyl (C=O) groups is 2. The summed E-state index contributed by atoms with van der Waals surface area (Å²) in [5.74, 6) is -0.703. The second kappa shape index (κ2) is 8.11. The van der Waals surface area contributed by atoms with Gasteiger partial charge in [-0.1, -0.05) is 46.3 Å². The second-order valence-electron chi connectivity index (χ2n) is 4.46. The van der Waals surface area contributed by atoms with Crippen LogP contribution in [0.15, 0.2) is 53.0 Å². The Labute approximate surface area is 141 Å². The van der Waals surface area contributed by atoms with Crippen LogP contribution in [-0.4, -0.2) is 25.0 Å². The fourth-order valence-electron chi connectivity index (χ4n) is 1.77. The van der Waals surface area contributed by atoms with Gasteiger partial charge in [0.25, 0.3) is 0 Å². The Balaban J connectivity index is 1.85. The van der Waals surface area contributed by atoms with Crippen molar-refractivity contribution in [3.63, 3.8) is 0 Å². The Hall–Kier alpha value is -2.65. The Morgan fingerprint density at radius 3 is 2.48 bits per heavy atom. The van der Waals surface area contributed by atoms with Gasteiger partial charge in [0.05, 0.1) is 5.56 Å². The van der Waals surface area contributed by atoms with Crippen LogP contribution in [0.5, 0.6) is 5.75 Å². The lowest BCUT2D eigenvalue weighted by Gasteiger charge is -2.08. The van der Waals surface area contributed by atoms with Crippen LogP contribution >= 0.6 is 15.9 Å². The van der Waals surface area contributed by atoms with Crippen molar-refractivity contribution in [2.24, 2.45) is 0 Å². The standard InChI is InChI=1S/C17H12BrNO4/c18-14-7-3-2-6-13(14)15(20)10-23-17(21)11-22-16-8-4-1-5-12(16)9-19/h1-8H,10-11H2. The molecule has 0 radical (unpaired) electrons. The van der Waals surface area contributed by atoms with Gasteiger partial charge in [0.2, 0.25) is 5.78 Å². The summed E-state index contributed by atoms with van der Waals surface area (Å²) >= 11 is 3.26. The van der Waals surface area contributed by atoms with Crippen molar-refractivity contribution in [1.82, 2.24) is 0 Å². The fourth-order valence-corrected chi connectivity index (χ4v) is 2.28. The van der Waals surface area contributed by atoms with Crippen LogP contribution in [0.3, 0.4) is 0 Å². The molecule has 2 aromatic rings. The SMILES string of the molecule is N#Cc1ccccc1OCC(=O)OCC(=O)c1ccccc1Br. The van der Waals surface area contributed by atoms with E-state index >= 15 is 0 Å². The fraction of sp³-hybridized carbons (Fsp3) is 0.118. The van der Waals surface area contributed by atoms with Crippen LogP contribution < -0.4 is 4.74 Å². The first kappa shape index (κ1) is 16.7. The number of carbonyl (C=O) groups excluding carboxylic acids is 2. The predicted octanol–water partition coefficient (Wildman–Crippen LogP) is 3.13. The van der Waals surface area contributed by atoms with E-state index in [1.165, 1.54) is 0 Å². The average Bonchev–Trinajstić information content (AvgIpc) is 2.58. The number of ketones is 1. The second-order valence-corrected chi connectivity index (χ2v) is 5.31. The minimum absolute atomic E-state index is 0.295. The van der Waals surface area contributed by atoms with Crippen molar-refractivity contribution in [3.05, 3.63) is 64.1 Å².